The van der Waals surface area contributed by atoms with Crippen LogP contribution in [0, 0.1) is 0 Å². The summed E-state index contributed by atoms with van der Waals surface area (Å²) in [7, 11) is 0. The molecule has 0 aliphatic rings. The van der Waals surface area contributed by atoms with Crippen LogP contribution in [0.5, 0.6) is 0 Å². The zero-order valence-electron chi connectivity index (χ0n) is 3.60. The molecule has 6 nitrogen and oxygen atoms in total. The van der Waals surface area contributed by atoms with Crippen molar-refractivity contribution < 1.29 is 35.7 Å². The van der Waals surface area contributed by atoms with E-state index in [1.54, 1.807) is 0 Å². The third-order valence-electron chi connectivity index (χ3n) is 0. The van der Waals surface area contributed by atoms with Crippen LogP contribution in [-0.2, 0) is 35.7 Å². The van der Waals surface area contributed by atoms with Crippen molar-refractivity contribution in [3.05, 3.63) is 0 Å². The minimum absolute atomic E-state index is 0.611. The number of hydrogen-bond acceptors (Lipinski definition) is 6. The molecule has 0 rings (SSSR count). The summed E-state index contributed by atoms with van der Waals surface area (Å²) in [6.07, 6.45) is 0. The molecule has 0 saturated carbocycles. The molecule has 0 heterocycles. The van der Waals surface area contributed by atoms with Gasteiger partial charge in [0.25, 0.3) is 0 Å². The van der Waals surface area contributed by atoms with E-state index in [0.29, 0.717) is 16.2 Å². The van der Waals surface area contributed by atoms with Crippen molar-refractivity contribution in [2.45, 2.75) is 0 Å². The van der Waals surface area contributed by atoms with Crippen molar-refractivity contribution in [1.29, 1.82) is 0 Å². The zero-order valence-corrected chi connectivity index (χ0v) is 8.23. The van der Waals surface area contributed by atoms with Crippen LogP contribution < -0.4 is 0 Å². The van der Waals surface area contributed by atoms with E-state index < -0.39 is 15.7 Å². The monoisotopic (exact) mass is 305 g/mol. The second-order valence-electron chi connectivity index (χ2n) is 0.745. The van der Waals surface area contributed by atoms with E-state index in [1.165, 1.54) is 0 Å². The van der Waals surface area contributed by atoms with Gasteiger partial charge in [0.1, 0.15) is 0 Å². The second-order valence-corrected chi connectivity index (χ2v) is 6.10. The number of hydrogen-bond donors (Lipinski definition) is 0. The van der Waals surface area contributed by atoms with Crippen LogP contribution in [0.15, 0.2) is 0 Å². The summed E-state index contributed by atoms with van der Waals surface area (Å²) in [5.74, 6) is 0. The van der Waals surface area contributed by atoms with Crippen LogP contribution in [0.1, 0.15) is 0 Å². The van der Waals surface area contributed by atoms with Crippen LogP contribution in [0.25, 0.3) is 0 Å². The molecule has 0 aromatic rings. The molecule has 0 bridgehead atoms. The van der Waals surface area contributed by atoms with Gasteiger partial charge in [-0.2, -0.15) is 0 Å². The summed E-state index contributed by atoms with van der Waals surface area (Å²) >= 11 is -7.44. The van der Waals surface area contributed by atoms with Gasteiger partial charge in [0.15, 0.2) is 0 Å². The molecule has 0 aliphatic heterocycles. The maximum absolute atomic E-state index is 8.67. The molecule has 0 N–H and O–H groups in total. The SMILES string of the molecule is [O]=[AlH].[O]=[Ta](=[O])(=[O])(=[O])=[O]. The van der Waals surface area contributed by atoms with Crippen molar-refractivity contribution in [2.75, 3.05) is 0 Å². The molecule has 0 radical (unpaired) electrons. The van der Waals surface area contributed by atoms with Gasteiger partial charge in [-0.15, -0.1) is 0 Å². The minimum atomic E-state index is -8.05. The first-order valence-corrected chi connectivity index (χ1v) is 8.34. The van der Waals surface area contributed by atoms with Gasteiger partial charge in [-0.1, -0.05) is 0 Å². The molecule has 0 unspecified atom stereocenters. The standard InChI is InChI=1S/Al.6O.Ta.H. The summed E-state index contributed by atoms with van der Waals surface area (Å²) in [5.41, 5.74) is 0. The third kappa shape index (κ3) is 29500. The van der Waals surface area contributed by atoms with Gasteiger partial charge < -0.3 is 0 Å². The Kier molecular flexibility index (Phi) is 3.52. The van der Waals surface area contributed by atoms with Crippen molar-refractivity contribution in [2.24, 2.45) is 0 Å². The normalized spacial score (nSPS) is 7.88. The van der Waals surface area contributed by atoms with E-state index in [0.717, 1.165) is 0 Å². The van der Waals surface area contributed by atoms with Crippen LogP contribution in [0.3, 0.4) is 0 Å². The Morgan fingerprint density at radius 1 is 0.750 bits per heavy atom. The predicted octanol–water partition coefficient (Wildman–Crippen LogP) is -1.36. The molecule has 8 heteroatoms. The Morgan fingerprint density at radius 2 is 0.750 bits per heavy atom. The summed E-state index contributed by atoms with van der Waals surface area (Å²) in [6.45, 7) is 0. The summed E-state index contributed by atoms with van der Waals surface area (Å²) in [5, 5.41) is 0. The predicted molar refractivity (Wildman–Crippen MR) is 11.3 cm³/mol. The molecule has 0 saturated heterocycles. The van der Waals surface area contributed by atoms with Gasteiger partial charge in [0, 0.05) is 0 Å². The Bertz CT molecular complexity index is 292. The summed E-state index contributed by atoms with van der Waals surface area (Å²) < 4.78 is 51.6. The molecule has 0 atom stereocenters. The molecule has 8 heavy (non-hydrogen) atoms. The Hall–Kier alpha value is 0.0727. The average Bonchev–Trinajstić information content (AvgIpc) is 1.33. The molecule has 0 amide bonds. The third-order valence-corrected chi connectivity index (χ3v) is 0. The fraction of sp³-hybridized carbons (Fsp3) is 0. The van der Waals surface area contributed by atoms with Crippen molar-refractivity contribution in [3.63, 3.8) is 0 Å². The fourth-order valence-electron chi connectivity index (χ4n) is 0. The van der Waals surface area contributed by atoms with E-state index >= 15 is 0 Å². The van der Waals surface area contributed by atoms with E-state index in [2.05, 4.69) is 0 Å². The van der Waals surface area contributed by atoms with E-state index in [-0.39, 0.29) is 0 Å². The number of rotatable bonds is 0. The van der Waals surface area contributed by atoms with Crippen molar-refractivity contribution in [1.82, 2.24) is 0 Å². The van der Waals surface area contributed by atoms with Gasteiger partial charge in [0.2, 0.25) is 0 Å². The Morgan fingerprint density at radius 3 is 0.750 bits per heavy atom. The molecule has 0 aromatic heterocycles. The van der Waals surface area contributed by atoms with Gasteiger partial charge in [-0.3, -0.25) is 0 Å². The molecule has 0 spiro atoms. The molecular weight excluding hydrogens is 304 g/mol. The van der Waals surface area contributed by atoms with Crippen LogP contribution in [0.4, 0.5) is 0 Å². The Labute approximate surface area is 52.1 Å². The van der Waals surface area contributed by atoms with Gasteiger partial charge in [0.05, 0.1) is 0 Å². The van der Waals surface area contributed by atoms with Crippen LogP contribution >= 0.6 is 0 Å². The van der Waals surface area contributed by atoms with E-state index in [4.69, 9.17) is 20.1 Å². The molecule has 0 aliphatic carbocycles. The van der Waals surface area contributed by atoms with Crippen LogP contribution in [-0.4, -0.2) is 16.2 Å². The first-order chi connectivity index (χ1) is 3.24. The maximum atomic E-state index is 8.67. The molecule has 0 fully saturated rings. The molecular formula is HAlO6Ta. The first-order valence-electron chi connectivity index (χ1n) is 1.20. The zero-order chi connectivity index (χ0) is 7.45. The quantitative estimate of drug-likeness (QED) is 0.512. The first kappa shape index (κ1) is 11.0. The molecule has 0 aromatic carbocycles. The Balaban J connectivity index is 0. The second kappa shape index (κ2) is 2.57. The van der Waals surface area contributed by atoms with Gasteiger partial charge >= 0.3 is 52.0 Å². The fourth-order valence-corrected chi connectivity index (χ4v) is 0. The topological polar surface area (TPSA) is 102 Å². The summed E-state index contributed by atoms with van der Waals surface area (Å²) in [6, 6.07) is 0. The molecule has 45 valence electrons. The van der Waals surface area contributed by atoms with Crippen LogP contribution in [0.2, 0.25) is 0 Å². The van der Waals surface area contributed by atoms with Crippen molar-refractivity contribution in [3.8, 4) is 0 Å². The van der Waals surface area contributed by atoms with E-state index in [9.17, 15) is 0 Å². The van der Waals surface area contributed by atoms with Gasteiger partial charge in [-0.05, 0) is 0 Å². The van der Waals surface area contributed by atoms with Crippen molar-refractivity contribution >= 4 is 16.2 Å². The van der Waals surface area contributed by atoms with E-state index in [1.807, 2.05) is 0 Å². The summed E-state index contributed by atoms with van der Waals surface area (Å²) in [4.78, 5) is 0. The van der Waals surface area contributed by atoms with Gasteiger partial charge in [-0.25, -0.2) is 0 Å². The average molecular weight is 305 g/mol.